The van der Waals surface area contributed by atoms with Crippen molar-refractivity contribution in [1.82, 2.24) is 9.88 Å². The average Bonchev–Trinajstić information content (AvgIpc) is 3.13. The zero-order valence-corrected chi connectivity index (χ0v) is 15.9. The Labute approximate surface area is 167 Å². The molecule has 0 atom stereocenters. The Bertz CT molecular complexity index is 1180. The van der Waals surface area contributed by atoms with E-state index < -0.39 is 11.7 Å². The molecule has 0 radical (unpaired) electrons. The second-order valence-electron chi connectivity index (χ2n) is 6.90. The zero-order valence-electron chi connectivity index (χ0n) is 15.9. The predicted octanol–water partition coefficient (Wildman–Crippen LogP) is 4.82. The number of amides is 1. The van der Waals surface area contributed by atoms with Gasteiger partial charge in [-0.3, -0.25) is 9.59 Å². The van der Waals surface area contributed by atoms with Gasteiger partial charge in [-0.25, -0.2) is 4.39 Å². The number of benzene rings is 3. The number of rotatable bonds is 5. The first-order chi connectivity index (χ1) is 14.0. The molecule has 0 fully saturated rings. The molecule has 4 aromatic rings. The lowest BCUT2D eigenvalue weighted by atomic mass is 10.0. The number of aromatic amines is 1. The van der Waals surface area contributed by atoms with E-state index in [0.717, 1.165) is 11.1 Å². The number of likely N-dealkylation sites (N-methyl/N-ethyl adjacent to an activating group) is 1. The van der Waals surface area contributed by atoms with Gasteiger partial charge in [0.2, 0.25) is 0 Å². The molecule has 0 aliphatic carbocycles. The zero-order chi connectivity index (χ0) is 20.4. The molecule has 0 aliphatic heterocycles. The van der Waals surface area contributed by atoms with E-state index in [0.29, 0.717) is 28.8 Å². The molecule has 0 saturated carbocycles. The number of aromatic nitrogens is 1. The average molecular weight is 386 g/mol. The minimum absolute atomic E-state index is 0.303. The molecular weight excluding hydrogens is 367 g/mol. The van der Waals surface area contributed by atoms with E-state index in [1.54, 1.807) is 25.2 Å². The van der Waals surface area contributed by atoms with Crippen LogP contribution in [-0.2, 0) is 11.3 Å². The lowest BCUT2D eigenvalue weighted by molar-refractivity contribution is -0.125. The molecule has 4 rings (SSSR count). The van der Waals surface area contributed by atoms with Gasteiger partial charge in [0.15, 0.2) is 0 Å². The van der Waals surface area contributed by atoms with Gasteiger partial charge in [-0.05, 0) is 41.5 Å². The fourth-order valence-corrected chi connectivity index (χ4v) is 3.42. The monoisotopic (exact) mass is 386 g/mol. The minimum atomic E-state index is -0.597. The van der Waals surface area contributed by atoms with Crippen molar-refractivity contribution in [3.63, 3.8) is 0 Å². The Morgan fingerprint density at radius 2 is 1.55 bits per heavy atom. The number of ketones is 1. The van der Waals surface area contributed by atoms with Gasteiger partial charge in [0.1, 0.15) is 5.82 Å². The second kappa shape index (κ2) is 7.72. The van der Waals surface area contributed by atoms with Crippen LogP contribution in [0.1, 0.15) is 15.9 Å². The van der Waals surface area contributed by atoms with Crippen molar-refractivity contribution in [1.29, 1.82) is 0 Å². The van der Waals surface area contributed by atoms with Gasteiger partial charge in [-0.15, -0.1) is 0 Å². The van der Waals surface area contributed by atoms with Gasteiger partial charge >= 0.3 is 0 Å². The van der Waals surface area contributed by atoms with Gasteiger partial charge in [0.25, 0.3) is 11.7 Å². The number of Topliss-reactive ketones (excluding diaryl/α,β-unsaturated/α-hetero) is 1. The summed E-state index contributed by atoms with van der Waals surface area (Å²) in [5.41, 5.74) is 3.14. The highest BCUT2D eigenvalue weighted by atomic mass is 19.1. The number of nitrogens with one attached hydrogen (secondary N) is 1. The van der Waals surface area contributed by atoms with Crippen LogP contribution in [0.4, 0.5) is 4.39 Å². The lowest BCUT2D eigenvalue weighted by Gasteiger charge is -2.16. The maximum atomic E-state index is 13.4. The van der Waals surface area contributed by atoms with E-state index in [2.05, 4.69) is 4.98 Å². The van der Waals surface area contributed by atoms with Gasteiger partial charge in [-0.2, -0.15) is 0 Å². The number of carbonyl (C=O) groups is 2. The third kappa shape index (κ3) is 3.67. The predicted molar refractivity (Wildman–Crippen MR) is 111 cm³/mol. The molecule has 144 valence electrons. The van der Waals surface area contributed by atoms with Crippen LogP contribution < -0.4 is 0 Å². The third-order valence-electron chi connectivity index (χ3n) is 4.87. The maximum absolute atomic E-state index is 13.4. The molecule has 1 aromatic heterocycles. The van der Waals surface area contributed by atoms with Crippen molar-refractivity contribution in [3.8, 4) is 11.3 Å². The molecule has 5 heteroatoms. The summed E-state index contributed by atoms with van der Waals surface area (Å²) >= 11 is 0. The van der Waals surface area contributed by atoms with Crippen molar-refractivity contribution in [2.45, 2.75) is 6.54 Å². The summed E-state index contributed by atoms with van der Waals surface area (Å²) in [7, 11) is 1.61. The van der Waals surface area contributed by atoms with Crippen molar-refractivity contribution in [2.24, 2.45) is 0 Å². The Morgan fingerprint density at radius 1 is 0.897 bits per heavy atom. The van der Waals surface area contributed by atoms with Crippen molar-refractivity contribution >= 4 is 22.6 Å². The molecule has 0 unspecified atom stereocenters. The van der Waals surface area contributed by atoms with Crippen LogP contribution >= 0.6 is 0 Å². The number of H-pyrrole nitrogens is 1. The van der Waals surface area contributed by atoms with Crippen molar-refractivity contribution in [2.75, 3.05) is 7.05 Å². The normalized spacial score (nSPS) is 10.8. The van der Waals surface area contributed by atoms with Crippen LogP contribution in [0.3, 0.4) is 0 Å². The Balaban J connectivity index is 1.73. The molecule has 0 bridgehead atoms. The van der Waals surface area contributed by atoms with E-state index >= 15 is 0 Å². The largest absolute Gasteiger partial charge is 0.354 e. The highest BCUT2D eigenvalue weighted by Crippen LogP contribution is 2.31. The fraction of sp³-hybridized carbons (Fsp3) is 0.0833. The second-order valence-corrected chi connectivity index (χ2v) is 6.90. The lowest BCUT2D eigenvalue weighted by Crippen LogP contribution is -2.33. The maximum Gasteiger partial charge on any atom is 0.295 e. The Hall–Kier alpha value is -3.73. The van der Waals surface area contributed by atoms with Gasteiger partial charge < -0.3 is 9.88 Å². The van der Waals surface area contributed by atoms with Crippen LogP contribution in [0, 0.1) is 5.82 Å². The summed E-state index contributed by atoms with van der Waals surface area (Å²) in [5.74, 6) is -1.56. The molecule has 1 amide bonds. The van der Waals surface area contributed by atoms with E-state index in [4.69, 9.17) is 0 Å². The number of fused-ring (bicyclic) bond motifs is 1. The summed E-state index contributed by atoms with van der Waals surface area (Å²) in [4.78, 5) is 30.8. The van der Waals surface area contributed by atoms with E-state index in [1.807, 2.05) is 48.5 Å². The summed E-state index contributed by atoms with van der Waals surface area (Å²) in [5, 5.41) is 0.665. The van der Waals surface area contributed by atoms with Crippen LogP contribution in [-0.4, -0.2) is 28.6 Å². The first kappa shape index (κ1) is 18.6. The van der Waals surface area contributed by atoms with E-state index in [1.165, 1.54) is 17.0 Å². The highest BCUT2D eigenvalue weighted by Gasteiger charge is 2.27. The summed E-state index contributed by atoms with van der Waals surface area (Å²) in [6, 6.07) is 22.7. The fourth-order valence-electron chi connectivity index (χ4n) is 3.42. The molecule has 3 aromatic carbocycles. The van der Waals surface area contributed by atoms with Gasteiger partial charge in [-0.1, -0.05) is 48.5 Å². The van der Waals surface area contributed by atoms with Crippen molar-refractivity contribution in [3.05, 3.63) is 95.8 Å². The van der Waals surface area contributed by atoms with Crippen LogP contribution in [0.25, 0.3) is 22.2 Å². The van der Waals surface area contributed by atoms with E-state index in [-0.39, 0.29) is 5.82 Å². The summed E-state index contributed by atoms with van der Waals surface area (Å²) in [6.45, 7) is 0.333. The minimum Gasteiger partial charge on any atom is -0.354 e. The molecular formula is C24H19FN2O2. The molecule has 0 spiro atoms. The number of hydrogen-bond donors (Lipinski definition) is 1. The topological polar surface area (TPSA) is 53.2 Å². The molecule has 1 heterocycles. The Kier molecular flexibility index (Phi) is 4.96. The molecule has 0 saturated heterocycles. The standard InChI is InChI=1S/C24H19FN2O2/c1-27(15-16-7-3-2-4-8-16)24(29)23(28)21-19-9-5-6-10-20(19)26-22(21)17-11-13-18(25)14-12-17/h2-14,26H,15H2,1H3. The summed E-state index contributed by atoms with van der Waals surface area (Å²) < 4.78 is 13.4. The quantitative estimate of drug-likeness (QED) is 0.395. The number of carbonyl (C=O) groups excluding carboxylic acids is 2. The van der Waals surface area contributed by atoms with Crippen LogP contribution in [0.2, 0.25) is 0 Å². The number of nitrogens with zero attached hydrogens (tertiary/aromatic N) is 1. The third-order valence-corrected chi connectivity index (χ3v) is 4.87. The number of para-hydroxylation sites is 1. The molecule has 0 aliphatic rings. The van der Waals surface area contributed by atoms with E-state index in [9.17, 15) is 14.0 Å². The Morgan fingerprint density at radius 3 is 2.28 bits per heavy atom. The van der Waals surface area contributed by atoms with Gasteiger partial charge in [0.05, 0.1) is 11.3 Å². The summed E-state index contributed by atoms with van der Waals surface area (Å²) in [6.07, 6.45) is 0. The molecule has 29 heavy (non-hydrogen) atoms. The van der Waals surface area contributed by atoms with Crippen LogP contribution in [0.15, 0.2) is 78.9 Å². The smallest absolute Gasteiger partial charge is 0.295 e. The first-order valence-electron chi connectivity index (χ1n) is 9.25. The molecule has 1 N–H and O–H groups in total. The number of halogens is 1. The number of hydrogen-bond acceptors (Lipinski definition) is 2. The van der Waals surface area contributed by atoms with Crippen LogP contribution in [0.5, 0.6) is 0 Å². The first-order valence-corrected chi connectivity index (χ1v) is 9.25. The van der Waals surface area contributed by atoms with Crippen molar-refractivity contribution < 1.29 is 14.0 Å². The molecule has 4 nitrogen and oxygen atoms in total. The SMILES string of the molecule is CN(Cc1ccccc1)C(=O)C(=O)c1c(-c2ccc(F)cc2)[nH]c2ccccc12. The highest BCUT2D eigenvalue weighted by molar-refractivity contribution is 6.46. The van der Waals surface area contributed by atoms with Gasteiger partial charge in [0, 0.05) is 24.5 Å².